The van der Waals surface area contributed by atoms with Crippen LogP contribution in [0.25, 0.3) is 0 Å². The number of hydrogen-bond donors (Lipinski definition) is 0. The molecule has 1 saturated heterocycles. The van der Waals surface area contributed by atoms with Crippen LogP contribution in [0.15, 0.2) is 6.20 Å². The first-order chi connectivity index (χ1) is 11.2. The molecule has 0 unspecified atom stereocenters. The van der Waals surface area contributed by atoms with Gasteiger partial charge in [0, 0.05) is 13.1 Å². The molecule has 122 valence electrons. The molecule has 4 rings (SSSR count). The molecular weight excluding hydrogens is 314 g/mol. The third-order valence-electron chi connectivity index (χ3n) is 4.55. The largest absolute Gasteiger partial charge is 0.370 e. The minimum absolute atomic E-state index is 0.0537. The van der Waals surface area contributed by atoms with Crippen LogP contribution in [0, 0.1) is 6.92 Å². The summed E-state index contributed by atoms with van der Waals surface area (Å²) < 4.78 is 7.82. The molecule has 4 heterocycles. The van der Waals surface area contributed by atoms with E-state index in [1.165, 1.54) is 11.3 Å². The lowest BCUT2D eigenvalue weighted by atomic mass is 10.00. The summed E-state index contributed by atoms with van der Waals surface area (Å²) in [5.74, 6) is 0.0816. The molecule has 1 fully saturated rings. The number of nitrogens with zero attached hydrogens (tertiary/aromatic N) is 5. The average Bonchev–Trinajstić information content (AvgIpc) is 3.19. The van der Waals surface area contributed by atoms with Gasteiger partial charge in [-0.2, -0.15) is 0 Å². The van der Waals surface area contributed by atoms with E-state index in [-0.39, 0.29) is 18.1 Å². The quantitative estimate of drug-likeness (QED) is 0.834. The molecule has 23 heavy (non-hydrogen) atoms. The monoisotopic (exact) mass is 333 g/mol. The van der Waals surface area contributed by atoms with E-state index in [0.29, 0.717) is 19.7 Å². The highest BCUT2D eigenvalue weighted by Gasteiger charge is 2.38. The smallest absolute Gasteiger partial charge is 0.265 e. The van der Waals surface area contributed by atoms with Crippen molar-refractivity contribution in [1.29, 1.82) is 0 Å². The lowest BCUT2D eigenvalue weighted by molar-refractivity contribution is -0.0604. The van der Waals surface area contributed by atoms with Crippen molar-refractivity contribution in [3.05, 3.63) is 27.5 Å². The Morgan fingerprint density at radius 2 is 2.39 bits per heavy atom. The number of aryl methyl sites for hydroxylation is 2. The van der Waals surface area contributed by atoms with Crippen molar-refractivity contribution >= 4 is 17.2 Å². The van der Waals surface area contributed by atoms with E-state index >= 15 is 0 Å². The van der Waals surface area contributed by atoms with Crippen LogP contribution >= 0.6 is 11.3 Å². The molecule has 2 aromatic rings. The second-order valence-corrected chi connectivity index (χ2v) is 7.19. The predicted molar refractivity (Wildman–Crippen MR) is 84.4 cm³/mol. The summed E-state index contributed by atoms with van der Waals surface area (Å²) in [5.41, 5.74) is 1.88. The highest BCUT2D eigenvalue weighted by atomic mass is 32.1. The molecule has 2 aromatic heterocycles. The number of aromatic nitrogens is 4. The average molecular weight is 333 g/mol. The van der Waals surface area contributed by atoms with Crippen LogP contribution < -0.4 is 0 Å². The Morgan fingerprint density at radius 1 is 1.52 bits per heavy atom. The van der Waals surface area contributed by atoms with Crippen molar-refractivity contribution in [2.24, 2.45) is 0 Å². The van der Waals surface area contributed by atoms with Gasteiger partial charge in [0.25, 0.3) is 5.91 Å². The zero-order valence-corrected chi connectivity index (χ0v) is 14.0. The van der Waals surface area contributed by atoms with Crippen LogP contribution in [-0.2, 0) is 17.8 Å². The number of carbonyl (C=O) groups excluding carboxylic acids is 1. The Morgan fingerprint density at radius 3 is 3.22 bits per heavy atom. The summed E-state index contributed by atoms with van der Waals surface area (Å²) >= 11 is 1.49. The topological polar surface area (TPSA) is 73.1 Å². The van der Waals surface area contributed by atoms with Crippen LogP contribution in [-0.4, -0.2) is 50.0 Å². The molecule has 2 atom stereocenters. The first-order valence-corrected chi connectivity index (χ1v) is 8.75. The third-order valence-corrected chi connectivity index (χ3v) is 5.55. The SMILES string of the molecule is CCc1nc(C)sc1C(=O)N1CC[C@@H]2OCc3cnnn3[C@@H]2C1. The van der Waals surface area contributed by atoms with Gasteiger partial charge in [0.2, 0.25) is 0 Å². The molecule has 0 bridgehead atoms. The molecule has 7 nitrogen and oxygen atoms in total. The van der Waals surface area contributed by atoms with Crippen LogP contribution in [0.2, 0.25) is 0 Å². The number of thiazole rings is 1. The van der Waals surface area contributed by atoms with E-state index < -0.39 is 0 Å². The minimum Gasteiger partial charge on any atom is -0.370 e. The maximum absolute atomic E-state index is 12.9. The van der Waals surface area contributed by atoms with Gasteiger partial charge < -0.3 is 9.64 Å². The van der Waals surface area contributed by atoms with Gasteiger partial charge in [-0.15, -0.1) is 16.4 Å². The van der Waals surface area contributed by atoms with Crippen LogP contribution in [0.4, 0.5) is 0 Å². The Kier molecular flexibility index (Phi) is 3.65. The van der Waals surface area contributed by atoms with Gasteiger partial charge >= 0.3 is 0 Å². The van der Waals surface area contributed by atoms with E-state index in [1.54, 1.807) is 6.20 Å². The molecule has 1 amide bonds. The summed E-state index contributed by atoms with van der Waals surface area (Å²) in [5, 5.41) is 9.10. The third kappa shape index (κ3) is 2.46. The van der Waals surface area contributed by atoms with Crippen molar-refractivity contribution in [2.45, 2.75) is 45.4 Å². The van der Waals surface area contributed by atoms with E-state index in [9.17, 15) is 4.79 Å². The number of hydrogen-bond acceptors (Lipinski definition) is 6. The number of carbonyl (C=O) groups is 1. The summed E-state index contributed by atoms with van der Waals surface area (Å²) in [4.78, 5) is 20.1. The number of likely N-dealkylation sites (tertiary alicyclic amines) is 1. The van der Waals surface area contributed by atoms with Gasteiger partial charge in [-0.3, -0.25) is 4.79 Å². The van der Waals surface area contributed by atoms with Crippen molar-refractivity contribution in [3.8, 4) is 0 Å². The van der Waals surface area contributed by atoms with Gasteiger partial charge in [0.05, 0.1) is 41.3 Å². The number of piperidine rings is 1. The van der Waals surface area contributed by atoms with Crippen molar-refractivity contribution in [1.82, 2.24) is 24.9 Å². The fourth-order valence-electron chi connectivity index (χ4n) is 3.38. The molecular formula is C15H19N5O2S. The van der Waals surface area contributed by atoms with Crippen LogP contribution in [0.5, 0.6) is 0 Å². The Balaban J connectivity index is 1.59. The summed E-state index contributed by atoms with van der Waals surface area (Å²) in [7, 11) is 0. The Hall–Kier alpha value is -1.80. The second kappa shape index (κ2) is 5.68. The zero-order valence-electron chi connectivity index (χ0n) is 13.2. The van der Waals surface area contributed by atoms with Gasteiger partial charge in [0.1, 0.15) is 4.88 Å². The molecule has 0 spiro atoms. The minimum atomic E-state index is 0.0537. The first-order valence-electron chi connectivity index (χ1n) is 7.93. The van der Waals surface area contributed by atoms with Crippen molar-refractivity contribution in [2.75, 3.05) is 13.1 Å². The Bertz CT molecular complexity index is 740. The number of fused-ring (bicyclic) bond motifs is 3. The highest BCUT2D eigenvalue weighted by Crippen LogP contribution is 2.31. The fraction of sp³-hybridized carbons (Fsp3) is 0.600. The van der Waals surface area contributed by atoms with E-state index in [2.05, 4.69) is 15.3 Å². The lowest BCUT2D eigenvalue weighted by Crippen LogP contribution is -2.49. The lowest BCUT2D eigenvalue weighted by Gasteiger charge is -2.40. The number of amides is 1. The Labute approximate surface area is 138 Å². The number of rotatable bonds is 2. The maximum Gasteiger partial charge on any atom is 0.265 e. The fourth-order valence-corrected chi connectivity index (χ4v) is 4.36. The van der Waals surface area contributed by atoms with Gasteiger partial charge in [-0.05, 0) is 19.8 Å². The van der Waals surface area contributed by atoms with Crippen molar-refractivity contribution in [3.63, 3.8) is 0 Å². The number of ether oxygens (including phenoxy) is 1. The maximum atomic E-state index is 12.9. The van der Waals surface area contributed by atoms with Gasteiger partial charge in [0.15, 0.2) is 0 Å². The van der Waals surface area contributed by atoms with Gasteiger partial charge in [-0.25, -0.2) is 9.67 Å². The first kappa shape index (κ1) is 14.8. The summed E-state index contributed by atoms with van der Waals surface area (Å²) in [6.07, 6.45) is 3.46. The zero-order chi connectivity index (χ0) is 16.0. The second-order valence-electron chi connectivity index (χ2n) is 5.99. The molecule has 8 heteroatoms. The van der Waals surface area contributed by atoms with Crippen molar-refractivity contribution < 1.29 is 9.53 Å². The van der Waals surface area contributed by atoms with E-state index in [4.69, 9.17) is 4.74 Å². The van der Waals surface area contributed by atoms with E-state index in [0.717, 1.165) is 34.1 Å². The molecule has 2 aliphatic heterocycles. The highest BCUT2D eigenvalue weighted by molar-refractivity contribution is 7.13. The molecule has 0 aliphatic carbocycles. The molecule has 0 saturated carbocycles. The molecule has 2 aliphatic rings. The normalized spacial score (nSPS) is 23.5. The van der Waals surface area contributed by atoms with Crippen LogP contribution in [0.3, 0.4) is 0 Å². The molecule has 0 radical (unpaired) electrons. The van der Waals surface area contributed by atoms with Gasteiger partial charge in [-0.1, -0.05) is 12.1 Å². The summed E-state index contributed by atoms with van der Waals surface area (Å²) in [6, 6.07) is 0.0537. The van der Waals surface area contributed by atoms with Crippen LogP contribution in [0.1, 0.15) is 45.5 Å². The molecule has 0 aromatic carbocycles. The van der Waals surface area contributed by atoms with E-state index in [1.807, 2.05) is 23.4 Å². The standard InChI is InChI=1S/C15H19N5O2S/c1-3-11-14(23-9(2)17-11)15(21)19-5-4-13-12(7-19)20-10(8-22-13)6-16-18-20/h6,12-13H,3-5,7-8H2,1-2H3/t12-,13+/m1/s1. The molecule has 0 N–H and O–H groups in total. The summed E-state index contributed by atoms with van der Waals surface area (Å²) in [6.45, 7) is 5.86. The predicted octanol–water partition coefficient (Wildman–Crippen LogP) is 1.59.